The number of fused-ring (bicyclic) bond motifs is 1. The summed E-state index contributed by atoms with van der Waals surface area (Å²) < 4.78 is 0. The normalized spacial score (nSPS) is 12.4. The number of thioether (sulfide) groups is 1. The summed E-state index contributed by atoms with van der Waals surface area (Å²) in [7, 11) is 0. The zero-order chi connectivity index (χ0) is 18.2. The second kappa shape index (κ2) is 9.80. The lowest BCUT2D eigenvalue weighted by Gasteiger charge is -2.16. The molecule has 1 N–H and O–H groups in total. The van der Waals surface area contributed by atoms with Gasteiger partial charge >= 0.3 is 0 Å². The average Bonchev–Trinajstić information content (AvgIpc) is 2.68. The van der Waals surface area contributed by atoms with Crippen LogP contribution in [0.4, 0.5) is 0 Å². The Morgan fingerprint density at radius 3 is 2.46 bits per heavy atom. The second-order valence-corrected chi connectivity index (χ2v) is 8.13. The zero-order valence-electron chi connectivity index (χ0n) is 15.9. The van der Waals surface area contributed by atoms with Gasteiger partial charge < -0.3 is 5.32 Å². The van der Waals surface area contributed by atoms with Crippen LogP contribution in [0, 0.1) is 6.92 Å². The Labute approximate surface area is 162 Å². The lowest BCUT2D eigenvalue weighted by molar-refractivity contribution is 0.547. The van der Waals surface area contributed by atoms with E-state index in [4.69, 9.17) is 0 Å². The fourth-order valence-corrected chi connectivity index (χ4v) is 4.20. The number of hydrogen-bond acceptors (Lipinski definition) is 2. The summed E-state index contributed by atoms with van der Waals surface area (Å²) >= 11 is 1.97. The molecule has 0 aromatic heterocycles. The largest absolute Gasteiger partial charge is 0.310 e. The summed E-state index contributed by atoms with van der Waals surface area (Å²) in [5.41, 5.74) is 2.73. The number of hydrogen-bond donors (Lipinski definition) is 1. The number of rotatable bonds is 9. The molecular formula is C24H29NS. The van der Waals surface area contributed by atoms with Crippen molar-refractivity contribution in [3.8, 4) is 0 Å². The van der Waals surface area contributed by atoms with E-state index in [1.54, 1.807) is 0 Å². The van der Waals surface area contributed by atoms with Gasteiger partial charge in [0.15, 0.2) is 0 Å². The summed E-state index contributed by atoms with van der Waals surface area (Å²) in [5.74, 6) is 1.21. The molecule has 0 fully saturated rings. The highest BCUT2D eigenvalue weighted by Crippen LogP contribution is 2.24. The van der Waals surface area contributed by atoms with Gasteiger partial charge in [-0.2, -0.15) is 0 Å². The van der Waals surface area contributed by atoms with Crippen molar-refractivity contribution in [3.05, 3.63) is 77.9 Å². The minimum Gasteiger partial charge on any atom is -0.310 e. The summed E-state index contributed by atoms with van der Waals surface area (Å²) in [5, 5.41) is 6.39. The van der Waals surface area contributed by atoms with Gasteiger partial charge in [0.2, 0.25) is 0 Å². The third-order valence-electron chi connectivity index (χ3n) is 4.85. The number of benzene rings is 3. The molecule has 26 heavy (non-hydrogen) atoms. The van der Waals surface area contributed by atoms with Crippen molar-refractivity contribution >= 4 is 22.5 Å². The Hall–Kier alpha value is -1.77. The fourth-order valence-electron chi connectivity index (χ4n) is 3.28. The highest BCUT2D eigenvalue weighted by atomic mass is 32.2. The maximum absolute atomic E-state index is 3.70. The molecule has 2 heteroatoms. The Morgan fingerprint density at radius 1 is 0.846 bits per heavy atom. The highest BCUT2D eigenvalue weighted by molar-refractivity contribution is 7.99. The van der Waals surface area contributed by atoms with E-state index in [9.17, 15) is 0 Å². The fraction of sp³-hybridized carbons (Fsp3) is 0.333. The molecule has 0 aliphatic rings. The van der Waals surface area contributed by atoms with Crippen LogP contribution in [-0.2, 0) is 0 Å². The van der Waals surface area contributed by atoms with Gasteiger partial charge in [-0.25, -0.2) is 0 Å². The lowest BCUT2D eigenvalue weighted by Crippen LogP contribution is -2.20. The van der Waals surface area contributed by atoms with Gasteiger partial charge in [-0.1, -0.05) is 66.6 Å². The highest BCUT2D eigenvalue weighted by Gasteiger charge is 2.08. The minimum atomic E-state index is 0.392. The average molecular weight is 364 g/mol. The summed E-state index contributed by atoms with van der Waals surface area (Å²) in [6.07, 6.45) is 3.81. The van der Waals surface area contributed by atoms with Crippen molar-refractivity contribution < 1.29 is 0 Å². The third-order valence-corrected chi connectivity index (χ3v) is 5.95. The lowest BCUT2D eigenvalue weighted by atomic mass is 9.99. The van der Waals surface area contributed by atoms with Crippen LogP contribution >= 0.6 is 11.8 Å². The summed E-state index contributed by atoms with van der Waals surface area (Å²) in [6, 6.07) is 24.5. The molecule has 0 spiro atoms. The molecule has 3 aromatic rings. The van der Waals surface area contributed by atoms with Crippen LogP contribution in [0.3, 0.4) is 0 Å². The van der Waals surface area contributed by atoms with Crippen LogP contribution in [0.25, 0.3) is 10.8 Å². The Morgan fingerprint density at radius 2 is 1.62 bits per heavy atom. The number of nitrogens with one attached hydrogen (secondary N) is 1. The van der Waals surface area contributed by atoms with E-state index < -0.39 is 0 Å². The molecule has 0 amide bonds. The van der Waals surface area contributed by atoms with Crippen molar-refractivity contribution in [2.75, 3.05) is 12.3 Å². The van der Waals surface area contributed by atoms with E-state index in [-0.39, 0.29) is 0 Å². The smallest absolute Gasteiger partial charge is 0.0297 e. The van der Waals surface area contributed by atoms with Crippen molar-refractivity contribution in [2.45, 2.75) is 44.0 Å². The molecule has 0 unspecified atom stereocenters. The molecule has 3 aromatic carbocycles. The van der Waals surface area contributed by atoms with Gasteiger partial charge in [0.1, 0.15) is 0 Å². The molecule has 0 bridgehead atoms. The van der Waals surface area contributed by atoms with Crippen molar-refractivity contribution in [1.29, 1.82) is 0 Å². The van der Waals surface area contributed by atoms with Crippen molar-refractivity contribution in [2.24, 2.45) is 0 Å². The van der Waals surface area contributed by atoms with Gasteiger partial charge in [-0.15, -0.1) is 11.8 Å². The first-order valence-electron chi connectivity index (χ1n) is 9.64. The molecule has 0 heterocycles. The van der Waals surface area contributed by atoms with Crippen molar-refractivity contribution in [1.82, 2.24) is 5.32 Å². The first-order chi connectivity index (χ1) is 12.7. The maximum Gasteiger partial charge on any atom is 0.0297 e. The SMILES string of the molecule is Cc1ccc(SCCCCCN[C@H](C)c2cccc3ccccc23)cc1. The van der Waals surface area contributed by atoms with E-state index in [0.29, 0.717) is 6.04 Å². The van der Waals surface area contributed by atoms with E-state index >= 15 is 0 Å². The topological polar surface area (TPSA) is 12.0 Å². The molecular weight excluding hydrogens is 334 g/mol. The standard InChI is InChI=1S/C24H29NS/c1-19-13-15-22(16-14-19)26-18-7-3-6-17-25-20(2)23-12-8-10-21-9-4-5-11-24(21)23/h4-5,8-16,20,25H,3,6-7,17-18H2,1-2H3/t20-/m1/s1. The van der Waals surface area contributed by atoms with E-state index in [1.807, 2.05) is 11.8 Å². The zero-order valence-corrected chi connectivity index (χ0v) is 16.7. The monoisotopic (exact) mass is 363 g/mol. The molecule has 136 valence electrons. The Balaban J connectivity index is 1.36. The molecule has 0 aliphatic carbocycles. The van der Waals surface area contributed by atoms with Crippen LogP contribution in [-0.4, -0.2) is 12.3 Å². The molecule has 0 radical (unpaired) electrons. The number of unbranched alkanes of at least 4 members (excludes halogenated alkanes) is 2. The molecule has 1 atom stereocenters. The number of aryl methyl sites for hydroxylation is 1. The predicted octanol–water partition coefficient (Wildman–Crippen LogP) is 6.76. The Kier molecular flexibility index (Phi) is 7.16. The quantitative estimate of drug-likeness (QED) is 0.333. The van der Waals surface area contributed by atoms with Crippen LogP contribution < -0.4 is 5.32 Å². The molecule has 0 saturated carbocycles. The van der Waals surface area contributed by atoms with E-state index in [0.717, 1.165) is 6.54 Å². The van der Waals surface area contributed by atoms with Crippen LogP contribution in [0.5, 0.6) is 0 Å². The molecule has 0 saturated heterocycles. The van der Waals surface area contributed by atoms with Gasteiger partial charge in [0, 0.05) is 10.9 Å². The van der Waals surface area contributed by atoms with Gasteiger partial charge in [0.25, 0.3) is 0 Å². The van der Waals surface area contributed by atoms with Crippen LogP contribution in [0.1, 0.15) is 43.4 Å². The maximum atomic E-state index is 3.70. The van der Waals surface area contributed by atoms with Crippen LogP contribution in [0.2, 0.25) is 0 Å². The molecule has 3 rings (SSSR count). The minimum absolute atomic E-state index is 0.392. The third kappa shape index (κ3) is 5.36. The van der Waals surface area contributed by atoms with Gasteiger partial charge in [0.05, 0.1) is 0 Å². The summed E-state index contributed by atoms with van der Waals surface area (Å²) in [4.78, 5) is 1.39. The molecule has 0 aliphatic heterocycles. The predicted molar refractivity (Wildman–Crippen MR) is 116 cm³/mol. The Bertz CT molecular complexity index is 805. The second-order valence-electron chi connectivity index (χ2n) is 6.97. The van der Waals surface area contributed by atoms with Gasteiger partial charge in [-0.05, 0) is 67.5 Å². The van der Waals surface area contributed by atoms with E-state index in [2.05, 4.69) is 85.9 Å². The first kappa shape index (κ1) is 19.0. The summed E-state index contributed by atoms with van der Waals surface area (Å²) in [6.45, 7) is 5.50. The van der Waals surface area contributed by atoms with Crippen LogP contribution in [0.15, 0.2) is 71.6 Å². The molecule has 1 nitrogen and oxygen atoms in total. The van der Waals surface area contributed by atoms with Crippen molar-refractivity contribution in [3.63, 3.8) is 0 Å². The van der Waals surface area contributed by atoms with E-state index in [1.165, 1.54) is 51.8 Å². The van der Waals surface area contributed by atoms with Gasteiger partial charge in [-0.3, -0.25) is 0 Å². The first-order valence-corrected chi connectivity index (χ1v) is 10.6.